The maximum absolute atomic E-state index is 12.8. The highest BCUT2D eigenvalue weighted by atomic mass is 32.2. The van der Waals surface area contributed by atoms with Crippen molar-refractivity contribution in [3.05, 3.63) is 64.7 Å². The summed E-state index contributed by atoms with van der Waals surface area (Å²) in [6.07, 6.45) is 14.4. The Morgan fingerprint density at radius 3 is 2.16 bits per heavy atom. The molecule has 1 aliphatic rings. The van der Waals surface area contributed by atoms with Gasteiger partial charge in [-0.25, -0.2) is 4.57 Å². The molecule has 2 aromatic rings. The van der Waals surface area contributed by atoms with Crippen molar-refractivity contribution >= 4 is 19.6 Å². The van der Waals surface area contributed by atoms with Crippen LogP contribution in [0.25, 0.3) is 0 Å². The predicted molar refractivity (Wildman–Crippen MR) is 179 cm³/mol. The minimum absolute atomic E-state index is 0.133. The van der Waals surface area contributed by atoms with Gasteiger partial charge in [0.25, 0.3) is 0 Å². The highest BCUT2D eigenvalue weighted by molar-refractivity contribution is 8.03. The topological polar surface area (TPSA) is 86.7 Å². The Labute approximate surface area is 269 Å². The van der Waals surface area contributed by atoms with Gasteiger partial charge in [0, 0.05) is 31.0 Å². The second kappa shape index (κ2) is 20.1. The maximum Gasteiger partial charge on any atom is 0.527 e. The lowest BCUT2D eigenvalue weighted by Crippen LogP contribution is -2.26. The Hall–Kier alpha value is -2.16. The molecule has 0 aliphatic carbocycles. The second-order valence-electron chi connectivity index (χ2n) is 11.3. The molecule has 0 bridgehead atoms. The van der Waals surface area contributed by atoms with E-state index >= 15 is 0 Å². The third-order valence-electron chi connectivity index (χ3n) is 7.55. The van der Waals surface area contributed by atoms with E-state index in [2.05, 4.69) is 24.9 Å². The zero-order chi connectivity index (χ0) is 31.6. The Balaban J connectivity index is 1.39. The van der Waals surface area contributed by atoms with E-state index < -0.39 is 13.9 Å². The van der Waals surface area contributed by atoms with Crippen LogP contribution in [0.5, 0.6) is 17.2 Å². The van der Waals surface area contributed by atoms with Gasteiger partial charge in [-0.3, -0.25) is 9.42 Å². The zero-order valence-corrected chi connectivity index (χ0v) is 28.7. The van der Waals surface area contributed by atoms with Crippen molar-refractivity contribution in [3.8, 4) is 17.2 Å². The number of allylic oxidation sites excluding steroid dienone is 1. The lowest BCUT2D eigenvalue weighted by Gasteiger charge is -2.21. The first-order valence-corrected chi connectivity index (χ1v) is 18.5. The first-order chi connectivity index (χ1) is 21.3. The zero-order valence-electron chi connectivity index (χ0n) is 27.0. The van der Waals surface area contributed by atoms with Gasteiger partial charge in [0.2, 0.25) is 0 Å². The average Bonchev–Trinajstić information content (AvgIpc) is 3.42. The number of thioether (sulfide) groups is 1. The van der Waals surface area contributed by atoms with E-state index in [4.69, 9.17) is 23.3 Å². The van der Waals surface area contributed by atoms with Gasteiger partial charge in [-0.2, -0.15) is 0 Å². The number of ether oxygens (including phenoxy) is 3. The molecule has 1 aliphatic heterocycles. The Kier molecular flexibility index (Phi) is 16.6. The van der Waals surface area contributed by atoms with Crippen molar-refractivity contribution in [3.63, 3.8) is 0 Å². The van der Waals surface area contributed by atoms with Crippen LogP contribution in [-0.2, 0) is 20.4 Å². The van der Waals surface area contributed by atoms with Crippen LogP contribution >= 0.6 is 19.6 Å². The Morgan fingerprint density at radius 1 is 0.864 bits per heavy atom. The van der Waals surface area contributed by atoms with E-state index in [1.165, 1.54) is 69.8 Å². The fourth-order valence-electron chi connectivity index (χ4n) is 4.92. The normalized spacial score (nSPS) is 15.1. The molecule has 8 nitrogen and oxygen atoms in total. The summed E-state index contributed by atoms with van der Waals surface area (Å²) < 4.78 is 41.2. The number of hydrogen-bond acceptors (Lipinski definition) is 8. The van der Waals surface area contributed by atoms with Crippen LogP contribution in [0.15, 0.2) is 53.6 Å². The van der Waals surface area contributed by atoms with E-state index in [0.29, 0.717) is 24.7 Å². The molecule has 3 rings (SSSR count). The summed E-state index contributed by atoms with van der Waals surface area (Å²) in [6.45, 7) is 7.48. The molecule has 0 amide bonds. The first-order valence-electron chi connectivity index (χ1n) is 16.0. The first kappa shape index (κ1) is 36.3. The maximum atomic E-state index is 12.8. The molecule has 0 saturated heterocycles. The summed E-state index contributed by atoms with van der Waals surface area (Å²) in [7, 11) is -2.89. The molecule has 44 heavy (non-hydrogen) atoms. The number of hydrogen-bond donors (Lipinski definition) is 1. The van der Waals surface area contributed by atoms with Crippen molar-refractivity contribution in [1.29, 1.82) is 0 Å². The minimum atomic E-state index is -4.40. The van der Waals surface area contributed by atoms with Crippen LogP contribution in [0, 0.1) is 6.92 Å². The molecule has 2 aromatic carbocycles. The van der Waals surface area contributed by atoms with Crippen LogP contribution in [0.4, 0.5) is 0 Å². The van der Waals surface area contributed by atoms with E-state index in [0.717, 1.165) is 29.2 Å². The fraction of sp³-hybridized carbons (Fsp3) is 0.588. The molecule has 1 N–H and O–H groups in total. The van der Waals surface area contributed by atoms with Crippen LogP contribution in [-0.4, -0.2) is 48.7 Å². The summed E-state index contributed by atoms with van der Waals surface area (Å²) in [5.41, 5.74) is 1.71. The van der Waals surface area contributed by atoms with Gasteiger partial charge in [-0.1, -0.05) is 89.0 Å². The molecule has 2 unspecified atom stereocenters. The highest BCUT2D eigenvalue weighted by Crippen LogP contribution is 2.45. The Morgan fingerprint density at radius 2 is 1.50 bits per heavy atom. The van der Waals surface area contributed by atoms with Gasteiger partial charge < -0.3 is 23.6 Å². The van der Waals surface area contributed by atoms with Crippen LogP contribution in [0.2, 0.25) is 0 Å². The van der Waals surface area contributed by atoms with E-state index in [1.807, 2.05) is 37.3 Å². The molecule has 0 spiro atoms. The third-order valence-corrected chi connectivity index (χ3v) is 9.48. The summed E-state index contributed by atoms with van der Waals surface area (Å²) >= 11 is 1.76. The van der Waals surface area contributed by atoms with Gasteiger partial charge >= 0.3 is 7.82 Å². The number of methoxy groups -OCH3 is 1. The van der Waals surface area contributed by atoms with Crippen LogP contribution in [0.1, 0.15) is 89.2 Å². The van der Waals surface area contributed by atoms with Gasteiger partial charge in [0.05, 0.1) is 19.1 Å². The highest BCUT2D eigenvalue weighted by Gasteiger charge is 2.27. The molecule has 1 heterocycles. The Bertz CT molecular complexity index is 1190. The number of para-hydroxylation sites is 1. The van der Waals surface area contributed by atoms with Crippen molar-refractivity contribution in [2.45, 2.75) is 97.6 Å². The molecule has 0 radical (unpaired) electrons. The molecule has 0 aromatic heterocycles. The monoisotopic (exact) mass is 649 g/mol. The van der Waals surface area contributed by atoms with Crippen molar-refractivity contribution < 1.29 is 32.7 Å². The SMILES string of the molecule is CCCCCCCCCCCCOc1cccc(OCC(COP(=O)(O)Oc2ccccc2CN2C=C(C)SC2)OC)c1C. The standard InChI is InChI=1S/C34H52NO7PS/c1-5-6-7-8-9-10-11-12-13-16-22-39-32-20-17-21-33(29(32)3)40-25-31(38-4)26-41-43(36,37)42-34-19-15-14-18-30(34)24-35-23-28(2)44-27-35/h14-15,17-21,23,31H,5-13,16,22,24-27H2,1-4H3,(H,36,37). The number of phosphoric ester groups is 1. The van der Waals surface area contributed by atoms with Crippen molar-refractivity contribution in [1.82, 2.24) is 4.90 Å². The van der Waals surface area contributed by atoms with E-state index in [9.17, 15) is 9.46 Å². The summed E-state index contributed by atoms with van der Waals surface area (Å²) in [5, 5.41) is 0. The van der Waals surface area contributed by atoms with Gasteiger partial charge in [0.1, 0.15) is 30.0 Å². The predicted octanol–water partition coefficient (Wildman–Crippen LogP) is 9.25. The van der Waals surface area contributed by atoms with Crippen molar-refractivity contribution in [2.24, 2.45) is 0 Å². The number of rotatable bonds is 23. The quantitative estimate of drug-likeness (QED) is 0.0935. The largest absolute Gasteiger partial charge is 0.527 e. The lowest BCUT2D eigenvalue weighted by atomic mass is 10.1. The minimum Gasteiger partial charge on any atom is -0.493 e. The molecule has 246 valence electrons. The molecule has 2 atom stereocenters. The smallest absolute Gasteiger partial charge is 0.493 e. The van der Waals surface area contributed by atoms with Crippen LogP contribution < -0.4 is 14.0 Å². The van der Waals surface area contributed by atoms with Crippen molar-refractivity contribution in [2.75, 3.05) is 32.8 Å². The summed E-state index contributed by atoms with van der Waals surface area (Å²) in [4.78, 5) is 13.8. The number of benzene rings is 2. The summed E-state index contributed by atoms with van der Waals surface area (Å²) in [6, 6.07) is 12.9. The fourth-order valence-corrected chi connectivity index (χ4v) is 6.52. The third kappa shape index (κ3) is 13.5. The average molecular weight is 650 g/mol. The molecular formula is C34H52NO7PS. The van der Waals surface area contributed by atoms with Crippen LogP contribution in [0.3, 0.4) is 0 Å². The number of nitrogens with zero attached hydrogens (tertiary/aromatic N) is 1. The number of unbranched alkanes of at least 4 members (excludes halogenated alkanes) is 9. The van der Waals surface area contributed by atoms with E-state index in [-0.39, 0.29) is 13.2 Å². The molecule has 0 saturated carbocycles. The number of phosphoric acid groups is 1. The molecule has 10 heteroatoms. The summed E-state index contributed by atoms with van der Waals surface area (Å²) in [5.74, 6) is 2.62. The molecular weight excluding hydrogens is 597 g/mol. The lowest BCUT2D eigenvalue weighted by molar-refractivity contribution is 0.0158. The van der Waals surface area contributed by atoms with Gasteiger partial charge in [-0.05, 0) is 43.4 Å². The van der Waals surface area contributed by atoms with Gasteiger partial charge in [-0.15, -0.1) is 11.8 Å². The van der Waals surface area contributed by atoms with E-state index in [1.54, 1.807) is 23.9 Å². The molecule has 0 fully saturated rings. The second-order valence-corrected chi connectivity index (χ2v) is 13.9. The van der Waals surface area contributed by atoms with Gasteiger partial charge in [0.15, 0.2) is 0 Å².